The van der Waals surface area contributed by atoms with Gasteiger partial charge in [-0.2, -0.15) is 0 Å². The summed E-state index contributed by atoms with van der Waals surface area (Å²) < 4.78 is 5.19. The Balaban J connectivity index is 1.96. The second-order valence-corrected chi connectivity index (χ2v) is 5.84. The third kappa shape index (κ3) is 4.74. The summed E-state index contributed by atoms with van der Waals surface area (Å²) in [4.78, 5) is 16.2. The van der Waals surface area contributed by atoms with E-state index in [0.717, 1.165) is 22.6 Å². The first-order chi connectivity index (χ1) is 11.0. The molecule has 2 aromatic carbocycles. The molecule has 0 radical (unpaired) electrons. The van der Waals surface area contributed by atoms with Crippen LogP contribution in [0.1, 0.15) is 11.1 Å². The van der Waals surface area contributed by atoms with Crippen LogP contribution in [0.25, 0.3) is 0 Å². The van der Waals surface area contributed by atoms with Crippen molar-refractivity contribution in [1.29, 1.82) is 0 Å². The summed E-state index contributed by atoms with van der Waals surface area (Å²) in [6, 6.07) is 15.9. The van der Waals surface area contributed by atoms with Crippen LogP contribution < -0.4 is 9.64 Å². The molecule has 0 aliphatic rings. The van der Waals surface area contributed by atoms with Gasteiger partial charge in [0.2, 0.25) is 5.91 Å². The average molecular weight is 312 g/mol. The molecule has 0 heterocycles. The minimum atomic E-state index is 0.0925. The maximum absolute atomic E-state index is 12.4. The van der Waals surface area contributed by atoms with Gasteiger partial charge in [-0.15, -0.1) is 0 Å². The van der Waals surface area contributed by atoms with Crippen molar-refractivity contribution in [2.75, 3.05) is 33.2 Å². The second-order valence-electron chi connectivity index (χ2n) is 5.84. The van der Waals surface area contributed by atoms with Crippen LogP contribution in [-0.2, 0) is 17.8 Å². The van der Waals surface area contributed by atoms with E-state index in [0.29, 0.717) is 13.0 Å². The number of hydrogen-bond donors (Lipinski definition) is 0. The highest BCUT2D eigenvalue weighted by atomic mass is 16.5. The Morgan fingerprint density at radius 3 is 2.30 bits per heavy atom. The molecule has 122 valence electrons. The number of amides is 1. The third-order valence-corrected chi connectivity index (χ3v) is 3.79. The van der Waals surface area contributed by atoms with Crippen LogP contribution >= 0.6 is 0 Å². The molecule has 0 unspecified atom stereocenters. The Labute approximate surface area is 138 Å². The number of carbonyl (C=O) groups excluding carboxylic acids is 1. The first-order valence-electron chi connectivity index (χ1n) is 7.62. The summed E-state index contributed by atoms with van der Waals surface area (Å²) in [5.74, 6) is 0.868. The van der Waals surface area contributed by atoms with Crippen molar-refractivity contribution in [3.05, 3.63) is 59.7 Å². The predicted octanol–water partition coefficient (Wildman–Crippen LogP) is 2.96. The number of ether oxygens (including phenoxy) is 1. The molecule has 0 atom stereocenters. The van der Waals surface area contributed by atoms with E-state index in [1.54, 1.807) is 12.0 Å². The molecular weight excluding hydrogens is 288 g/mol. The van der Waals surface area contributed by atoms with Crippen molar-refractivity contribution in [2.24, 2.45) is 0 Å². The van der Waals surface area contributed by atoms with E-state index in [-0.39, 0.29) is 5.91 Å². The SMILES string of the molecule is COc1cccc(CC(=O)N(C)Cc2ccc(N(C)C)cc2)c1. The van der Waals surface area contributed by atoms with Gasteiger partial charge in [0.1, 0.15) is 5.75 Å². The lowest BCUT2D eigenvalue weighted by atomic mass is 10.1. The molecule has 0 spiro atoms. The van der Waals surface area contributed by atoms with Gasteiger partial charge in [0.15, 0.2) is 0 Å². The molecule has 0 bridgehead atoms. The van der Waals surface area contributed by atoms with Crippen LogP contribution in [0, 0.1) is 0 Å². The quantitative estimate of drug-likeness (QED) is 0.822. The van der Waals surface area contributed by atoms with Gasteiger partial charge in [-0.05, 0) is 35.4 Å². The zero-order valence-electron chi connectivity index (χ0n) is 14.2. The fourth-order valence-electron chi connectivity index (χ4n) is 2.35. The van der Waals surface area contributed by atoms with Crippen molar-refractivity contribution < 1.29 is 9.53 Å². The van der Waals surface area contributed by atoms with E-state index < -0.39 is 0 Å². The molecule has 0 saturated carbocycles. The van der Waals surface area contributed by atoms with E-state index >= 15 is 0 Å². The van der Waals surface area contributed by atoms with Gasteiger partial charge in [-0.1, -0.05) is 24.3 Å². The molecule has 4 heteroatoms. The highest BCUT2D eigenvalue weighted by Crippen LogP contribution is 2.15. The van der Waals surface area contributed by atoms with Gasteiger partial charge < -0.3 is 14.5 Å². The fraction of sp³-hybridized carbons (Fsp3) is 0.316. The number of carbonyl (C=O) groups is 1. The monoisotopic (exact) mass is 312 g/mol. The summed E-state index contributed by atoms with van der Waals surface area (Å²) in [6.45, 7) is 0.608. The first kappa shape index (κ1) is 16.9. The second kappa shape index (κ2) is 7.68. The molecular formula is C19H24N2O2. The zero-order chi connectivity index (χ0) is 16.8. The smallest absolute Gasteiger partial charge is 0.227 e. The van der Waals surface area contributed by atoms with Gasteiger partial charge >= 0.3 is 0 Å². The zero-order valence-corrected chi connectivity index (χ0v) is 14.2. The van der Waals surface area contributed by atoms with Crippen molar-refractivity contribution in [1.82, 2.24) is 4.90 Å². The van der Waals surface area contributed by atoms with Crippen molar-refractivity contribution in [3.8, 4) is 5.75 Å². The van der Waals surface area contributed by atoms with Crippen LogP contribution in [-0.4, -0.2) is 39.1 Å². The molecule has 0 N–H and O–H groups in total. The Hall–Kier alpha value is -2.49. The summed E-state index contributed by atoms with van der Waals surface area (Å²) >= 11 is 0. The summed E-state index contributed by atoms with van der Waals surface area (Å²) in [5.41, 5.74) is 3.24. The number of likely N-dealkylation sites (N-methyl/N-ethyl adjacent to an activating group) is 1. The van der Waals surface area contributed by atoms with Crippen LogP contribution in [0.2, 0.25) is 0 Å². The van der Waals surface area contributed by atoms with Gasteiger partial charge in [-0.3, -0.25) is 4.79 Å². The first-order valence-corrected chi connectivity index (χ1v) is 7.62. The molecule has 0 saturated heterocycles. The molecule has 4 nitrogen and oxygen atoms in total. The molecule has 0 fully saturated rings. The van der Waals surface area contributed by atoms with Crippen molar-refractivity contribution >= 4 is 11.6 Å². The van der Waals surface area contributed by atoms with Gasteiger partial charge in [0.25, 0.3) is 0 Å². The fourth-order valence-corrected chi connectivity index (χ4v) is 2.35. The highest BCUT2D eigenvalue weighted by Gasteiger charge is 2.11. The van der Waals surface area contributed by atoms with Gasteiger partial charge in [0, 0.05) is 33.4 Å². The van der Waals surface area contributed by atoms with Gasteiger partial charge in [0.05, 0.1) is 13.5 Å². The Bertz CT molecular complexity index is 651. The molecule has 1 amide bonds. The lowest BCUT2D eigenvalue weighted by Gasteiger charge is -2.18. The highest BCUT2D eigenvalue weighted by molar-refractivity contribution is 5.78. The number of nitrogens with zero attached hydrogens (tertiary/aromatic N) is 2. The third-order valence-electron chi connectivity index (χ3n) is 3.79. The maximum Gasteiger partial charge on any atom is 0.227 e. The normalized spacial score (nSPS) is 10.3. The maximum atomic E-state index is 12.4. The van der Waals surface area contributed by atoms with E-state index in [9.17, 15) is 4.79 Å². The van der Waals surface area contributed by atoms with E-state index in [1.165, 1.54) is 0 Å². The van der Waals surface area contributed by atoms with E-state index in [2.05, 4.69) is 29.2 Å². The molecule has 23 heavy (non-hydrogen) atoms. The predicted molar refractivity (Wildman–Crippen MR) is 93.9 cm³/mol. The van der Waals surface area contributed by atoms with Crippen LogP contribution in [0.4, 0.5) is 5.69 Å². The topological polar surface area (TPSA) is 32.8 Å². The molecule has 0 aromatic heterocycles. The van der Waals surface area contributed by atoms with E-state index in [4.69, 9.17) is 4.74 Å². The standard InChI is InChI=1S/C19H24N2O2/c1-20(2)17-10-8-15(9-11-17)14-21(3)19(22)13-16-6-5-7-18(12-16)23-4/h5-12H,13-14H2,1-4H3. The molecule has 0 aliphatic carbocycles. The van der Waals surface area contributed by atoms with Crippen molar-refractivity contribution in [3.63, 3.8) is 0 Å². The molecule has 2 aromatic rings. The Morgan fingerprint density at radius 2 is 1.70 bits per heavy atom. The van der Waals surface area contributed by atoms with Gasteiger partial charge in [-0.25, -0.2) is 0 Å². The Kier molecular flexibility index (Phi) is 5.63. The number of benzene rings is 2. The largest absolute Gasteiger partial charge is 0.497 e. The number of methoxy groups -OCH3 is 1. The van der Waals surface area contributed by atoms with Crippen molar-refractivity contribution in [2.45, 2.75) is 13.0 Å². The number of hydrogen-bond acceptors (Lipinski definition) is 3. The average Bonchev–Trinajstić information content (AvgIpc) is 2.55. The van der Waals surface area contributed by atoms with Crippen LogP contribution in [0.3, 0.4) is 0 Å². The van der Waals surface area contributed by atoms with Crippen LogP contribution in [0.15, 0.2) is 48.5 Å². The van der Waals surface area contributed by atoms with E-state index in [1.807, 2.05) is 45.4 Å². The minimum Gasteiger partial charge on any atom is -0.497 e. The lowest BCUT2D eigenvalue weighted by Crippen LogP contribution is -2.27. The summed E-state index contributed by atoms with van der Waals surface area (Å²) in [6.07, 6.45) is 0.378. The molecule has 0 aliphatic heterocycles. The number of anilines is 1. The Morgan fingerprint density at radius 1 is 1.00 bits per heavy atom. The minimum absolute atomic E-state index is 0.0925. The molecule has 2 rings (SSSR count). The number of rotatable bonds is 6. The van der Waals surface area contributed by atoms with Crippen LogP contribution in [0.5, 0.6) is 5.75 Å². The summed E-state index contributed by atoms with van der Waals surface area (Å²) in [5, 5.41) is 0. The lowest BCUT2D eigenvalue weighted by molar-refractivity contribution is -0.129. The summed E-state index contributed by atoms with van der Waals surface area (Å²) in [7, 11) is 7.49.